The van der Waals surface area contributed by atoms with Crippen molar-refractivity contribution >= 4 is 23.3 Å². The summed E-state index contributed by atoms with van der Waals surface area (Å²) in [4.78, 5) is 26.3. The third-order valence-corrected chi connectivity index (χ3v) is 5.92. The number of hydrogen-bond acceptors (Lipinski definition) is 4. The van der Waals surface area contributed by atoms with E-state index in [1.54, 1.807) is 0 Å². The van der Waals surface area contributed by atoms with E-state index >= 15 is 0 Å². The topological polar surface area (TPSA) is 49.3 Å². The number of halogens is 1. The fourth-order valence-corrected chi connectivity index (χ4v) is 4.20. The summed E-state index contributed by atoms with van der Waals surface area (Å²) >= 11 is 6.20. The quantitative estimate of drug-likeness (QED) is 0.770. The van der Waals surface area contributed by atoms with Gasteiger partial charge in [0.05, 0.1) is 0 Å². The molecule has 0 aromatic carbocycles. The molecule has 0 radical (unpaired) electrons. The molecule has 0 atom stereocenters. The maximum atomic E-state index is 12.8. The number of carbonyl (C=O) groups excluding carboxylic acids is 1. The Labute approximate surface area is 154 Å². The number of piperidine rings is 1. The molecule has 25 heavy (non-hydrogen) atoms. The van der Waals surface area contributed by atoms with Crippen LogP contribution in [0.4, 0.5) is 5.82 Å². The van der Waals surface area contributed by atoms with Crippen LogP contribution in [0.25, 0.3) is 0 Å². The van der Waals surface area contributed by atoms with Crippen molar-refractivity contribution in [2.45, 2.75) is 57.3 Å². The van der Waals surface area contributed by atoms with Gasteiger partial charge in [-0.25, -0.2) is 9.97 Å². The summed E-state index contributed by atoms with van der Waals surface area (Å²) in [7, 11) is 0. The number of likely N-dealkylation sites (tertiary alicyclic amines) is 1. The second-order valence-corrected chi connectivity index (χ2v) is 8.07. The molecule has 4 rings (SSSR count). The molecule has 1 aromatic rings. The number of amides is 1. The molecule has 0 N–H and O–H groups in total. The summed E-state index contributed by atoms with van der Waals surface area (Å²) in [6, 6.07) is 1.87. The van der Waals surface area contributed by atoms with Crippen LogP contribution >= 0.6 is 11.6 Å². The second kappa shape index (κ2) is 7.48. The number of hydrogen-bond donors (Lipinski definition) is 0. The lowest BCUT2D eigenvalue weighted by molar-refractivity contribution is -0.136. The fraction of sp³-hybridized carbons (Fsp3) is 0.737. The van der Waals surface area contributed by atoms with Crippen LogP contribution in [0.3, 0.4) is 0 Å². The summed E-state index contributed by atoms with van der Waals surface area (Å²) in [5.74, 6) is 2.88. The second-order valence-electron chi connectivity index (χ2n) is 7.68. The highest BCUT2D eigenvalue weighted by Crippen LogP contribution is 2.39. The molecule has 3 aliphatic rings. The van der Waals surface area contributed by atoms with E-state index in [0.29, 0.717) is 17.0 Å². The Kier molecular flexibility index (Phi) is 5.11. The first-order valence-corrected chi connectivity index (χ1v) is 10.2. The van der Waals surface area contributed by atoms with Gasteiger partial charge < -0.3 is 9.80 Å². The van der Waals surface area contributed by atoms with Crippen LogP contribution in [-0.2, 0) is 4.79 Å². The molecular weight excluding hydrogens is 336 g/mol. The molecule has 0 spiro atoms. The monoisotopic (exact) mass is 362 g/mol. The van der Waals surface area contributed by atoms with Gasteiger partial charge in [-0.1, -0.05) is 24.4 Å². The number of carbonyl (C=O) groups is 1. The zero-order valence-corrected chi connectivity index (χ0v) is 15.5. The normalized spacial score (nSPS) is 22.8. The summed E-state index contributed by atoms with van der Waals surface area (Å²) in [5.41, 5.74) is 0. The van der Waals surface area contributed by atoms with Gasteiger partial charge in [0.2, 0.25) is 5.91 Å². The molecule has 1 aliphatic carbocycles. The van der Waals surface area contributed by atoms with E-state index < -0.39 is 0 Å². The van der Waals surface area contributed by atoms with E-state index in [-0.39, 0.29) is 5.92 Å². The van der Waals surface area contributed by atoms with Gasteiger partial charge in [-0.3, -0.25) is 4.79 Å². The molecule has 2 aliphatic heterocycles. The Hall–Kier alpha value is -1.36. The highest BCUT2D eigenvalue weighted by atomic mass is 35.5. The van der Waals surface area contributed by atoms with Crippen LogP contribution in [0.2, 0.25) is 5.15 Å². The lowest BCUT2D eigenvalue weighted by Gasteiger charge is -2.34. The van der Waals surface area contributed by atoms with Gasteiger partial charge in [0.15, 0.2) is 0 Å². The molecule has 2 saturated heterocycles. The van der Waals surface area contributed by atoms with E-state index in [0.717, 1.165) is 63.5 Å². The maximum Gasteiger partial charge on any atom is 0.225 e. The summed E-state index contributed by atoms with van der Waals surface area (Å²) < 4.78 is 0. The first kappa shape index (κ1) is 17.1. The molecule has 1 saturated carbocycles. The lowest BCUT2D eigenvalue weighted by atomic mass is 9.95. The first-order valence-electron chi connectivity index (χ1n) is 9.79. The van der Waals surface area contributed by atoms with Crippen molar-refractivity contribution < 1.29 is 4.79 Å². The summed E-state index contributed by atoms with van der Waals surface area (Å²) in [5, 5.41) is 0.537. The minimum absolute atomic E-state index is 0.176. The molecular formula is C19H27ClN4O. The number of anilines is 1. The molecule has 136 valence electrons. The molecule has 0 unspecified atom stereocenters. The van der Waals surface area contributed by atoms with Gasteiger partial charge in [-0.15, -0.1) is 0 Å². The Balaban J connectivity index is 1.37. The van der Waals surface area contributed by atoms with Crippen molar-refractivity contribution in [1.82, 2.24) is 14.9 Å². The number of aromatic nitrogens is 2. The van der Waals surface area contributed by atoms with Gasteiger partial charge in [-0.05, 0) is 38.5 Å². The van der Waals surface area contributed by atoms with Crippen molar-refractivity contribution in [3.05, 3.63) is 17.0 Å². The molecule has 6 heteroatoms. The zero-order chi connectivity index (χ0) is 17.2. The molecule has 1 amide bonds. The van der Waals surface area contributed by atoms with E-state index in [1.807, 2.05) is 6.07 Å². The first-order chi connectivity index (χ1) is 12.2. The van der Waals surface area contributed by atoms with Crippen LogP contribution in [0.5, 0.6) is 0 Å². The Morgan fingerprint density at radius 2 is 1.64 bits per heavy atom. The SMILES string of the molecule is O=C(C1CCN(c2cc(Cl)nc(C3CC3)n2)CC1)N1CCCCCC1. The van der Waals surface area contributed by atoms with Crippen LogP contribution in [-0.4, -0.2) is 47.0 Å². The standard InChI is InChI=1S/C19H27ClN4O/c20-16-13-17(22-18(21-16)14-5-6-14)23-11-7-15(8-12-23)19(25)24-9-3-1-2-4-10-24/h13-15H,1-12H2. The van der Waals surface area contributed by atoms with E-state index in [2.05, 4.69) is 14.8 Å². The minimum Gasteiger partial charge on any atom is -0.356 e. The lowest BCUT2D eigenvalue weighted by Crippen LogP contribution is -2.43. The molecule has 3 heterocycles. The molecule has 0 bridgehead atoms. The fourth-order valence-electron chi connectivity index (χ4n) is 4.01. The molecule has 3 fully saturated rings. The highest BCUT2D eigenvalue weighted by molar-refractivity contribution is 6.29. The largest absolute Gasteiger partial charge is 0.356 e. The molecule has 5 nitrogen and oxygen atoms in total. The van der Waals surface area contributed by atoms with Crippen molar-refractivity contribution in [3.8, 4) is 0 Å². The Bertz CT molecular complexity index is 618. The maximum absolute atomic E-state index is 12.8. The van der Waals surface area contributed by atoms with Gasteiger partial charge in [-0.2, -0.15) is 0 Å². The average Bonchev–Trinajstić information content (AvgIpc) is 3.47. The Morgan fingerprint density at radius 1 is 0.960 bits per heavy atom. The van der Waals surface area contributed by atoms with Crippen molar-refractivity contribution in [2.24, 2.45) is 5.92 Å². The van der Waals surface area contributed by atoms with E-state index in [4.69, 9.17) is 16.6 Å². The van der Waals surface area contributed by atoms with Gasteiger partial charge in [0.25, 0.3) is 0 Å². The van der Waals surface area contributed by atoms with E-state index in [9.17, 15) is 4.79 Å². The predicted octanol–water partition coefficient (Wildman–Crippen LogP) is 3.63. The van der Waals surface area contributed by atoms with Crippen LogP contribution < -0.4 is 4.90 Å². The summed E-state index contributed by atoms with van der Waals surface area (Å²) in [6.45, 7) is 3.65. The molecule has 1 aromatic heterocycles. The van der Waals surface area contributed by atoms with E-state index in [1.165, 1.54) is 25.7 Å². The zero-order valence-electron chi connectivity index (χ0n) is 14.8. The highest BCUT2D eigenvalue weighted by Gasteiger charge is 2.31. The van der Waals surface area contributed by atoms with Crippen molar-refractivity contribution in [2.75, 3.05) is 31.1 Å². The van der Waals surface area contributed by atoms with Gasteiger partial charge >= 0.3 is 0 Å². The van der Waals surface area contributed by atoms with Gasteiger partial charge in [0.1, 0.15) is 16.8 Å². The van der Waals surface area contributed by atoms with Gasteiger partial charge in [0, 0.05) is 44.1 Å². The van der Waals surface area contributed by atoms with Crippen LogP contribution in [0.15, 0.2) is 6.07 Å². The minimum atomic E-state index is 0.176. The smallest absolute Gasteiger partial charge is 0.225 e. The number of rotatable bonds is 3. The predicted molar refractivity (Wildman–Crippen MR) is 99.0 cm³/mol. The third-order valence-electron chi connectivity index (χ3n) is 5.73. The third kappa shape index (κ3) is 4.08. The summed E-state index contributed by atoms with van der Waals surface area (Å²) in [6.07, 6.45) is 9.02. The number of nitrogens with zero attached hydrogens (tertiary/aromatic N) is 4. The van der Waals surface area contributed by atoms with Crippen molar-refractivity contribution in [3.63, 3.8) is 0 Å². The average molecular weight is 363 g/mol. The Morgan fingerprint density at radius 3 is 2.28 bits per heavy atom. The van der Waals surface area contributed by atoms with Crippen molar-refractivity contribution in [1.29, 1.82) is 0 Å². The van der Waals surface area contributed by atoms with Crippen LogP contribution in [0.1, 0.15) is 63.1 Å². The van der Waals surface area contributed by atoms with Crippen LogP contribution in [0, 0.1) is 5.92 Å².